The summed E-state index contributed by atoms with van der Waals surface area (Å²) in [5.41, 5.74) is 2.84. The Balaban J connectivity index is 1.67. The summed E-state index contributed by atoms with van der Waals surface area (Å²) in [6.45, 7) is 0.589. The molecule has 0 aliphatic carbocycles. The molecule has 0 saturated heterocycles. The number of para-hydroxylation sites is 2. The van der Waals surface area contributed by atoms with E-state index < -0.39 is 0 Å². The van der Waals surface area contributed by atoms with Crippen molar-refractivity contribution in [3.05, 3.63) is 89.4 Å². The number of hydrogen-bond acceptors (Lipinski definition) is 4. The molecule has 4 nitrogen and oxygen atoms in total. The van der Waals surface area contributed by atoms with Gasteiger partial charge in [0.1, 0.15) is 5.82 Å². The van der Waals surface area contributed by atoms with E-state index in [1.807, 2.05) is 78.9 Å². The third kappa shape index (κ3) is 3.60. The van der Waals surface area contributed by atoms with Gasteiger partial charge in [-0.3, -0.25) is 0 Å². The van der Waals surface area contributed by atoms with E-state index in [0.717, 1.165) is 33.0 Å². The summed E-state index contributed by atoms with van der Waals surface area (Å²) < 4.78 is 0. The average Bonchev–Trinajstić information content (AvgIpc) is 2.68. The molecule has 0 amide bonds. The highest BCUT2D eigenvalue weighted by Gasteiger charge is 2.08. The second-order valence-corrected chi connectivity index (χ2v) is 6.26. The zero-order valence-electron chi connectivity index (χ0n) is 14.0. The molecule has 0 radical (unpaired) electrons. The highest BCUT2D eigenvalue weighted by molar-refractivity contribution is 6.31. The van der Waals surface area contributed by atoms with Crippen LogP contribution in [0.5, 0.6) is 0 Å². The predicted molar refractivity (Wildman–Crippen MR) is 108 cm³/mol. The SMILES string of the molecule is Clc1ccccc1CNc1nc(Nc2ccccc2)nc2ccccc12. The van der Waals surface area contributed by atoms with Gasteiger partial charge in [0.15, 0.2) is 0 Å². The molecule has 0 bridgehead atoms. The normalized spacial score (nSPS) is 10.7. The van der Waals surface area contributed by atoms with Gasteiger partial charge >= 0.3 is 0 Å². The maximum absolute atomic E-state index is 6.26. The lowest BCUT2D eigenvalue weighted by atomic mass is 10.2. The van der Waals surface area contributed by atoms with Crippen LogP contribution in [0.2, 0.25) is 5.02 Å². The molecule has 0 aliphatic heterocycles. The first-order valence-electron chi connectivity index (χ1n) is 8.36. The van der Waals surface area contributed by atoms with Crippen LogP contribution in [0.25, 0.3) is 10.9 Å². The standard InChI is InChI=1S/C21H17ClN4/c22-18-12-6-4-8-15(18)14-23-20-17-11-5-7-13-19(17)25-21(26-20)24-16-9-2-1-3-10-16/h1-13H,14H2,(H2,23,24,25,26). The second-order valence-electron chi connectivity index (χ2n) is 5.85. The molecule has 0 spiro atoms. The number of hydrogen-bond donors (Lipinski definition) is 2. The van der Waals surface area contributed by atoms with Crippen LogP contribution in [0.1, 0.15) is 5.56 Å². The molecule has 4 rings (SSSR count). The number of aromatic nitrogens is 2. The highest BCUT2D eigenvalue weighted by atomic mass is 35.5. The number of rotatable bonds is 5. The van der Waals surface area contributed by atoms with Gasteiger partial charge in [-0.1, -0.05) is 60.1 Å². The maximum atomic E-state index is 6.26. The van der Waals surface area contributed by atoms with Crippen LogP contribution >= 0.6 is 11.6 Å². The molecule has 2 N–H and O–H groups in total. The van der Waals surface area contributed by atoms with Crippen molar-refractivity contribution in [1.29, 1.82) is 0 Å². The van der Waals surface area contributed by atoms with Crippen LogP contribution < -0.4 is 10.6 Å². The monoisotopic (exact) mass is 360 g/mol. The van der Waals surface area contributed by atoms with Gasteiger partial charge < -0.3 is 10.6 Å². The van der Waals surface area contributed by atoms with Crippen molar-refractivity contribution in [2.75, 3.05) is 10.6 Å². The molecule has 1 aromatic heterocycles. The van der Waals surface area contributed by atoms with E-state index in [2.05, 4.69) is 20.6 Å². The zero-order chi connectivity index (χ0) is 17.8. The van der Waals surface area contributed by atoms with Gasteiger partial charge in [-0.05, 0) is 35.9 Å². The van der Waals surface area contributed by atoms with Gasteiger partial charge in [0.05, 0.1) is 5.52 Å². The number of anilines is 3. The van der Waals surface area contributed by atoms with Crippen molar-refractivity contribution in [2.45, 2.75) is 6.54 Å². The first kappa shape index (κ1) is 16.4. The van der Waals surface area contributed by atoms with Gasteiger partial charge in [-0.2, -0.15) is 4.98 Å². The van der Waals surface area contributed by atoms with Crippen LogP contribution in [0.15, 0.2) is 78.9 Å². The van der Waals surface area contributed by atoms with Crippen molar-refractivity contribution in [2.24, 2.45) is 0 Å². The van der Waals surface area contributed by atoms with Gasteiger partial charge in [0, 0.05) is 22.6 Å². The van der Waals surface area contributed by atoms with Crippen LogP contribution in [-0.2, 0) is 6.54 Å². The zero-order valence-corrected chi connectivity index (χ0v) is 14.7. The van der Waals surface area contributed by atoms with Crippen LogP contribution in [0.3, 0.4) is 0 Å². The fourth-order valence-corrected chi connectivity index (χ4v) is 2.94. The Labute approximate surface area is 156 Å². The fourth-order valence-electron chi connectivity index (χ4n) is 2.74. The molecule has 0 saturated carbocycles. The van der Waals surface area contributed by atoms with Gasteiger partial charge in [0.25, 0.3) is 0 Å². The van der Waals surface area contributed by atoms with E-state index in [9.17, 15) is 0 Å². The molecule has 0 aliphatic rings. The lowest BCUT2D eigenvalue weighted by Gasteiger charge is -2.12. The molecular formula is C21H17ClN4. The Bertz CT molecular complexity index is 1030. The maximum Gasteiger partial charge on any atom is 0.229 e. The lowest BCUT2D eigenvalue weighted by molar-refractivity contribution is 1.10. The van der Waals surface area contributed by atoms with E-state index in [0.29, 0.717) is 12.5 Å². The van der Waals surface area contributed by atoms with E-state index in [4.69, 9.17) is 11.6 Å². The van der Waals surface area contributed by atoms with Crippen molar-refractivity contribution >= 4 is 40.0 Å². The van der Waals surface area contributed by atoms with E-state index in [-0.39, 0.29) is 0 Å². The molecule has 5 heteroatoms. The Morgan fingerprint density at radius 1 is 0.769 bits per heavy atom. The largest absolute Gasteiger partial charge is 0.365 e. The highest BCUT2D eigenvalue weighted by Crippen LogP contribution is 2.25. The van der Waals surface area contributed by atoms with Crippen molar-refractivity contribution in [3.8, 4) is 0 Å². The predicted octanol–water partition coefficient (Wildman–Crippen LogP) is 5.64. The van der Waals surface area contributed by atoms with Crippen LogP contribution in [0, 0.1) is 0 Å². The van der Waals surface area contributed by atoms with Crippen molar-refractivity contribution < 1.29 is 0 Å². The van der Waals surface area contributed by atoms with Gasteiger partial charge in [-0.25, -0.2) is 4.98 Å². The quantitative estimate of drug-likeness (QED) is 0.483. The summed E-state index contributed by atoms with van der Waals surface area (Å²) in [5.74, 6) is 1.32. The van der Waals surface area contributed by atoms with Crippen molar-refractivity contribution in [3.63, 3.8) is 0 Å². The Kier molecular flexibility index (Phi) is 4.67. The van der Waals surface area contributed by atoms with Gasteiger partial charge in [0.2, 0.25) is 5.95 Å². The Morgan fingerprint density at radius 2 is 1.50 bits per heavy atom. The number of nitrogens with one attached hydrogen (secondary N) is 2. The summed E-state index contributed by atoms with van der Waals surface area (Å²) >= 11 is 6.26. The summed E-state index contributed by atoms with van der Waals surface area (Å²) in [7, 11) is 0. The first-order valence-corrected chi connectivity index (χ1v) is 8.73. The number of benzene rings is 3. The summed E-state index contributed by atoms with van der Waals surface area (Å²) in [5, 5.41) is 8.36. The minimum absolute atomic E-state index is 0.552. The molecule has 128 valence electrons. The number of halogens is 1. The molecule has 3 aromatic carbocycles. The minimum Gasteiger partial charge on any atom is -0.365 e. The van der Waals surface area contributed by atoms with Crippen molar-refractivity contribution in [1.82, 2.24) is 9.97 Å². The minimum atomic E-state index is 0.552. The number of nitrogens with zero attached hydrogens (tertiary/aromatic N) is 2. The molecular weight excluding hydrogens is 344 g/mol. The lowest BCUT2D eigenvalue weighted by Crippen LogP contribution is -2.06. The summed E-state index contributed by atoms with van der Waals surface area (Å²) in [6.07, 6.45) is 0. The summed E-state index contributed by atoms with van der Waals surface area (Å²) in [4.78, 5) is 9.28. The fraction of sp³-hybridized carbons (Fsp3) is 0.0476. The third-order valence-electron chi connectivity index (χ3n) is 4.04. The third-order valence-corrected chi connectivity index (χ3v) is 4.41. The molecule has 1 heterocycles. The molecule has 0 fully saturated rings. The van der Waals surface area contributed by atoms with E-state index in [1.165, 1.54) is 0 Å². The Morgan fingerprint density at radius 3 is 2.35 bits per heavy atom. The number of fused-ring (bicyclic) bond motifs is 1. The Hall–Kier alpha value is -3.11. The molecule has 0 unspecified atom stereocenters. The summed E-state index contributed by atoms with van der Waals surface area (Å²) in [6, 6.07) is 25.6. The van der Waals surface area contributed by atoms with Crippen LogP contribution in [-0.4, -0.2) is 9.97 Å². The average molecular weight is 361 g/mol. The first-order chi connectivity index (χ1) is 12.8. The van der Waals surface area contributed by atoms with Gasteiger partial charge in [-0.15, -0.1) is 0 Å². The molecule has 26 heavy (non-hydrogen) atoms. The second kappa shape index (κ2) is 7.42. The van der Waals surface area contributed by atoms with E-state index >= 15 is 0 Å². The van der Waals surface area contributed by atoms with E-state index in [1.54, 1.807) is 0 Å². The smallest absolute Gasteiger partial charge is 0.229 e. The topological polar surface area (TPSA) is 49.8 Å². The molecule has 0 atom stereocenters. The van der Waals surface area contributed by atoms with Crippen LogP contribution in [0.4, 0.5) is 17.5 Å². The molecule has 4 aromatic rings.